The van der Waals surface area contributed by atoms with E-state index in [0.717, 1.165) is 11.8 Å². The second-order valence-electron chi connectivity index (χ2n) is 5.53. The molecule has 0 saturated carbocycles. The average molecular weight is 373 g/mol. The minimum Gasteiger partial charge on any atom is -0.265 e. The average Bonchev–Trinajstić information content (AvgIpc) is 3.01. The Morgan fingerprint density at radius 2 is 2.04 bits per heavy atom. The Morgan fingerprint density at radius 1 is 1.23 bits per heavy atom. The van der Waals surface area contributed by atoms with Gasteiger partial charge in [-0.3, -0.25) is 24.5 Å². The molecule has 0 spiro atoms. The van der Waals surface area contributed by atoms with E-state index in [1.54, 1.807) is 25.4 Å². The molecule has 0 amide bonds. The Hall–Kier alpha value is -3.27. The van der Waals surface area contributed by atoms with Crippen LogP contribution in [0.4, 0.5) is 11.5 Å². The molecule has 1 aromatic carbocycles. The van der Waals surface area contributed by atoms with Gasteiger partial charge in [-0.1, -0.05) is 12.1 Å². The smallest absolute Gasteiger partial charge is 0.265 e. The normalized spacial score (nSPS) is 11.3. The highest BCUT2D eigenvalue weighted by molar-refractivity contribution is 7.92. The molecule has 0 aliphatic rings. The molecule has 0 atom stereocenters. The first-order chi connectivity index (χ1) is 12.3. The number of anilines is 1. The number of sulfonamides is 1. The van der Waals surface area contributed by atoms with Gasteiger partial charge in [0.1, 0.15) is 0 Å². The molecule has 0 saturated heterocycles. The van der Waals surface area contributed by atoms with Crippen LogP contribution in [0.2, 0.25) is 0 Å². The van der Waals surface area contributed by atoms with Gasteiger partial charge in [0, 0.05) is 30.1 Å². The molecule has 3 aromatic rings. The monoisotopic (exact) mass is 373 g/mol. The maximum atomic E-state index is 12.5. The third-order valence-corrected chi connectivity index (χ3v) is 4.97. The Bertz CT molecular complexity index is 1050. The summed E-state index contributed by atoms with van der Waals surface area (Å²) in [5, 5.41) is 15.1. The van der Waals surface area contributed by atoms with Crippen molar-refractivity contribution < 1.29 is 13.3 Å². The van der Waals surface area contributed by atoms with E-state index in [4.69, 9.17) is 0 Å². The summed E-state index contributed by atoms with van der Waals surface area (Å²) in [6.45, 7) is 1.93. The molecule has 1 N–H and O–H groups in total. The minimum absolute atomic E-state index is 0.115. The summed E-state index contributed by atoms with van der Waals surface area (Å²) >= 11 is 0. The summed E-state index contributed by atoms with van der Waals surface area (Å²) in [5.41, 5.74) is 0.904. The lowest BCUT2D eigenvalue weighted by molar-refractivity contribution is -0.385. The van der Waals surface area contributed by atoms with Crippen LogP contribution in [-0.4, -0.2) is 28.1 Å². The molecule has 9 nitrogen and oxygen atoms in total. The molecule has 0 aliphatic carbocycles. The van der Waals surface area contributed by atoms with E-state index in [-0.39, 0.29) is 16.4 Å². The lowest BCUT2D eigenvalue weighted by Crippen LogP contribution is -2.14. The number of hydrogen-bond donors (Lipinski definition) is 1. The number of pyridine rings is 1. The Labute approximate surface area is 149 Å². The van der Waals surface area contributed by atoms with E-state index in [2.05, 4.69) is 14.8 Å². The topological polar surface area (TPSA) is 120 Å². The van der Waals surface area contributed by atoms with Crippen LogP contribution in [0, 0.1) is 17.0 Å². The highest BCUT2D eigenvalue weighted by Crippen LogP contribution is 2.23. The number of hydrogen-bond acceptors (Lipinski definition) is 6. The van der Waals surface area contributed by atoms with Crippen molar-refractivity contribution in [2.45, 2.75) is 18.4 Å². The number of nitrogens with zero attached hydrogens (tertiary/aromatic N) is 4. The molecule has 2 aromatic heterocycles. The number of aromatic nitrogens is 3. The van der Waals surface area contributed by atoms with E-state index >= 15 is 0 Å². The van der Waals surface area contributed by atoms with Gasteiger partial charge in [0.05, 0.1) is 22.1 Å². The number of aryl methyl sites for hydroxylation is 1. The SMILES string of the molecule is Cc1ccc(S(=O)(=O)Nc2ccn(Cc3ccccn3)n2)cc1[N+](=O)[O-]. The number of nitro groups is 1. The van der Waals surface area contributed by atoms with Crippen LogP contribution in [0.15, 0.2) is 59.8 Å². The van der Waals surface area contributed by atoms with E-state index in [0.29, 0.717) is 12.1 Å². The first kappa shape index (κ1) is 17.5. The van der Waals surface area contributed by atoms with Crippen LogP contribution >= 0.6 is 0 Å². The quantitative estimate of drug-likeness (QED) is 0.523. The molecule has 134 valence electrons. The maximum absolute atomic E-state index is 12.5. The number of rotatable bonds is 6. The van der Waals surface area contributed by atoms with E-state index in [9.17, 15) is 18.5 Å². The molecule has 0 bridgehead atoms. The number of nitro benzene ring substituents is 1. The number of benzene rings is 1. The van der Waals surface area contributed by atoms with Crippen LogP contribution in [0.1, 0.15) is 11.3 Å². The molecule has 0 aliphatic heterocycles. The van der Waals surface area contributed by atoms with Gasteiger partial charge >= 0.3 is 0 Å². The Kier molecular flexibility index (Phi) is 4.67. The minimum atomic E-state index is -3.99. The molecular formula is C16H15N5O4S. The summed E-state index contributed by atoms with van der Waals surface area (Å²) in [6.07, 6.45) is 3.27. The molecule has 0 fully saturated rings. The lowest BCUT2D eigenvalue weighted by atomic mass is 10.2. The molecule has 3 rings (SSSR count). The number of nitrogens with one attached hydrogen (secondary N) is 1. The highest BCUT2D eigenvalue weighted by atomic mass is 32.2. The fourth-order valence-electron chi connectivity index (χ4n) is 2.31. The maximum Gasteiger partial charge on any atom is 0.273 e. The van der Waals surface area contributed by atoms with Gasteiger partial charge in [-0.15, -0.1) is 0 Å². The van der Waals surface area contributed by atoms with E-state index in [1.807, 2.05) is 12.1 Å². The third kappa shape index (κ3) is 3.86. The predicted octanol–water partition coefficient (Wildman–Crippen LogP) is 2.34. The summed E-state index contributed by atoms with van der Waals surface area (Å²) < 4.78 is 28.8. The zero-order chi connectivity index (χ0) is 18.7. The van der Waals surface area contributed by atoms with Crippen LogP contribution < -0.4 is 4.72 Å². The first-order valence-electron chi connectivity index (χ1n) is 7.56. The molecular weight excluding hydrogens is 358 g/mol. The zero-order valence-electron chi connectivity index (χ0n) is 13.7. The zero-order valence-corrected chi connectivity index (χ0v) is 14.5. The fraction of sp³-hybridized carbons (Fsp3) is 0.125. The fourth-order valence-corrected chi connectivity index (χ4v) is 3.33. The Morgan fingerprint density at radius 3 is 2.73 bits per heavy atom. The molecule has 10 heteroatoms. The summed E-state index contributed by atoms with van der Waals surface area (Å²) in [6, 6.07) is 10.7. The van der Waals surface area contributed by atoms with E-state index in [1.165, 1.54) is 22.9 Å². The van der Waals surface area contributed by atoms with Crippen LogP contribution in [0.3, 0.4) is 0 Å². The van der Waals surface area contributed by atoms with Gasteiger partial charge in [-0.2, -0.15) is 5.10 Å². The summed E-state index contributed by atoms with van der Waals surface area (Å²) in [4.78, 5) is 14.4. The molecule has 0 radical (unpaired) electrons. The van der Waals surface area contributed by atoms with Crippen molar-refractivity contribution in [2.75, 3.05) is 4.72 Å². The predicted molar refractivity (Wildman–Crippen MR) is 94.2 cm³/mol. The third-order valence-electron chi connectivity index (χ3n) is 3.62. The van der Waals surface area contributed by atoms with Crippen molar-refractivity contribution in [1.29, 1.82) is 0 Å². The van der Waals surface area contributed by atoms with Crippen molar-refractivity contribution in [3.05, 3.63) is 76.2 Å². The van der Waals surface area contributed by atoms with Gasteiger partial charge in [-0.05, 0) is 25.1 Å². The van der Waals surface area contributed by atoms with Gasteiger partial charge < -0.3 is 0 Å². The van der Waals surface area contributed by atoms with Crippen LogP contribution in [-0.2, 0) is 16.6 Å². The van der Waals surface area contributed by atoms with Gasteiger partial charge in [-0.25, -0.2) is 8.42 Å². The second kappa shape index (κ2) is 6.92. The first-order valence-corrected chi connectivity index (χ1v) is 9.05. The van der Waals surface area contributed by atoms with Gasteiger partial charge in [0.15, 0.2) is 5.82 Å². The summed E-state index contributed by atoms with van der Waals surface area (Å²) in [7, 11) is -3.99. The highest BCUT2D eigenvalue weighted by Gasteiger charge is 2.20. The largest absolute Gasteiger partial charge is 0.273 e. The second-order valence-corrected chi connectivity index (χ2v) is 7.21. The van der Waals surface area contributed by atoms with Crippen LogP contribution in [0.5, 0.6) is 0 Å². The summed E-state index contributed by atoms with van der Waals surface area (Å²) in [5.74, 6) is 0.115. The standard InChI is InChI=1S/C16H15N5O4S/c1-12-5-6-14(10-15(12)21(22)23)26(24,25)19-16-7-9-20(18-16)11-13-4-2-3-8-17-13/h2-10H,11H2,1H3,(H,18,19). The van der Waals surface area contributed by atoms with Crippen molar-refractivity contribution in [1.82, 2.24) is 14.8 Å². The van der Waals surface area contributed by atoms with Crippen molar-refractivity contribution in [3.63, 3.8) is 0 Å². The van der Waals surface area contributed by atoms with Crippen molar-refractivity contribution in [3.8, 4) is 0 Å². The van der Waals surface area contributed by atoms with E-state index < -0.39 is 14.9 Å². The molecule has 2 heterocycles. The molecule has 26 heavy (non-hydrogen) atoms. The molecule has 0 unspecified atom stereocenters. The van der Waals surface area contributed by atoms with Gasteiger partial charge in [0.25, 0.3) is 15.7 Å². The Balaban J connectivity index is 1.80. The van der Waals surface area contributed by atoms with Crippen molar-refractivity contribution >= 4 is 21.5 Å². The van der Waals surface area contributed by atoms with Crippen molar-refractivity contribution in [2.24, 2.45) is 0 Å². The lowest BCUT2D eigenvalue weighted by Gasteiger charge is -2.06. The van der Waals surface area contributed by atoms with Gasteiger partial charge in [0.2, 0.25) is 0 Å². The van der Waals surface area contributed by atoms with Crippen LogP contribution in [0.25, 0.3) is 0 Å².